The molecule has 0 radical (unpaired) electrons. The fraction of sp³-hybridized carbons (Fsp3) is 0.800. The molecule has 0 aromatic rings. The second kappa shape index (κ2) is 4.82. The Hall–Kier alpha value is -0.0831. The summed E-state index contributed by atoms with van der Waals surface area (Å²) in [6.45, 7) is 4.73. The Balaban J connectivity index is 2.21. The van der Waals surface area contributed by atoms with Crippen LogP contribution in [0.15, 0.2) is 12.7 Å². The SMILES string of the molecule is C=CCCCC1([SiH3])CCCCO1. The molecule has 1 heterocycles. The van der Waals surface area contributed by atoms with E-state index in [4.69, 9.17) is 4.74 Å². The second-order valence-corrected chi connectivity index (χ2v) is 5.76. The summed E-state index contributed by atoms with van der Waals surface area (Å²) in [4.78, 5) is 0. The Kier molecular flexibility index (Phi) is 4.02. The quantitative estimate of drug-likeness (QED) is 0.366. The monoisotopic (exact) mass is 184 g/mol. The first-order chi connectivity index (χ1) is 5.77. The molecule has 1 nitrogen and oxygen atoms in total. The van der Waals surface area contributed by atoms with Crippen molar-refractivity contribution in [2.45, 2.75) is 43.7 Å². The number of hydrogen-bond donors (Lipinski definition) is 0. The lowest BCUT2D eigenvalue weighted by Gasteiger charge is -2.34. The van der Waals surface area contributed by atoms with Gasteiger partial charge in [-0.2, -0.15) is 0 Å². The zero-order valence-electron chi connectivity index (χ0n) is 8.14. The van der Waals surface area contributed by atoms with Gasteiger partial charge in [-0.05, 0) is 38.5 Å². The van der Waals surface area contributed by atoms with Gasteiger partial charge in [0.25, 0.3) is 0 Å². The predicted molar refractivity (Wildman–Crippen MR) is 56.5 cm³/mol. The van der Waals surface area contributed by atoms with Gasteiger partial charge < -0.3 is 4.74 Å². The van der Waals surface area contributed by atoms with Crippen molar-refractivity contribution < 1.29 is 4.74 Å². The number of unbranched alkanes of at least 4 members (excludes halogenated alkanes) is 1. The Morgan fingerprint density at radius 3 is 2.92 bits per heavy atom. The van der Waals surface area contributed by atoms with Crippen LogP contribution in [-0.4, -0.2) is 22.1 Å². The summed E-state index contributed by atoms with van der Waals surface area (Å²) >= 11 is 0. The van der Waals surface area contributed by atoms with E-state index in [1.54, 1.807) is 0 Å². The highest BCUT2D eigenvalue weighted by atomic mass is 28.1. The molecule has 0 spiro atoms. The molecule has 70 valence electrons. The van der Waals surface area contributed by atoms with Gasteiger partial charge in [-0.3, -0.25) is 0 Å². The third-order valence-corrected chi connectivity index (χ3v) is 3.95. The summed E-state index contributed by atoms with van der Waals surface area (Å²) in [6.07, 6.45) is 9.61. The first kappa shape index (κ1) is 10.0. The molecule has 0 bridgehead atoms. The lowest BCUT2D eigenvalue weighted by Crippen LogP contribution is -2.36. The summed E-state index contributed by atoms with van der Waals surface area (Å²) in [6, 6.07) is 0. The zero-order valence-corrected chi connectivity index (χ0v) is 10.1. The molecule has 0 aromatic carbocycles. The molecule has 0 aromatic heterocycles. The molecule has 0 saturated carbocycles. The molecular formula is C10H20OSi. The van der Waals surface area contributed by atoms with Gasteiger partial charge in [0.05, 0.1) is 0 Å². The third-order valence-electron chi connectivity index (χ3n) is 2.66. The van der Waals surface area contributed by atoms with Gasteiger partial charge >= 0.3 is 0 Å². The fourth-order valence-electron chi connectivity index (χ4n) is 1.81. The Labute approximate surface area is 78.6 Å². The third kappa shape index (κ3) is 3.11. The number of hydrogen-bond acceptors (Lipinski definition) is 1. The predicted octanol–water partition coefficient (Wildman–Crippen LogP) is 1.60. The van der Waals surface area contributed by atoms with E-state index >= 15 is 0 Å². The molecule has 2 heteroatoms. The smallest absolute Gasteiger partial charge is 0.0486 e. The van der Waals surface area contributed by atoms with Gasteiger partial charge in [-0.1, -0.05) is 6.08 Å². The molecule has 1 aliphatic heterocycles. The van der Waals surface area contributed by atoms with E-state index in [2.05, 4.69) is 6.58 Å². The lowest BCUT2D eigenvalue weighted by atomic mass is 10.0. The van der Waals surface area contributed by atoms with Crippen molar-refractivity contribution in [3.8, 4) is 0 Å². The van der Waals surface area contributed by atoms with Gasteiger partial charge in [-0.25, -0.2) is 0 Å². The highest BCUT2D eigenvalue weighted by Gasteiger charge is 2.26. The molecule has 12 heavy (non-hydrogen) atoms. The molecule has 1 saturated heterocycles. The number of ether oxygens (including phenoxy) is 1. The van der Waals surface area contributed by atoms with Crippen LogP contribution in [0.4, 0.5) is 0 Å². The van der Waals surface area contributed by atoms with Crippen LogP contribution < -0.4 is 0 Å². The van der Waals surface area contributed by atoms with Crippen molar-refractivity contribution in [2.24, 2.45) is 0 Å². The van der Waals surface area contributed by atoms with Gasteiger partial charge in [0, 0.05) is 22.1 Å². The van der Waals surface area contributed by atoms with Crippen LogP contribution in [0.25, 0.3) is 0 Å². The van der Waals surface area contributed by atoms with Crippen LogP contribution in [0, 0.1) is 0 Å². The van der Waals surface area contributed by atoms with Crippen molar-refractivity contribution in [1.82, 2.24) is 0 Å². The molecule has 1 aliphatic rings. The highest BCUT2D eigenvalue weighted by molar-refractivity contribution is 6.14. The fourth-order valence-corrected chi connectivity index (χ4v) is 2.72. The molecule has 1 atom stereocenters. The topological polar surface area (TPSA) is 9.23 Å². The summed E-state index contributed by atoms with van der Waals surface area (Å²) in [5.41, 5.74) is 0. The minimum atomic E-state index is 0.321. The van der Waals surface area contributed by atoms with Crippen molar-refractivity contribution >= 4 is 10.2 Å². The maximum Gasteiger partial charge on any atom is 0.0486 e. The maximum absolute atomic E-state index is 5.84. The highest BCUT2D eigenvalue weighted by Crippen LogP contribution is 2.26. The average molecular weight is 184 g/mol. The Bertz CT molecular complexity index is 139. The molecule has 0 amide bonds. The van der Waals surface area contributed by atoms with E-state index in [9.17, 15) is 0 Å². The molecule has 0 N–H and O–H groups in total. The number of allylic oxidation sites excluding steroid dienone is 1. The number of rotatable bonds is 4. The summed E-state index contributed by atoms with van der Waals surface area (Å²) in [7, 11) is 1.19. The summed E-state index contributed by atoms with van der Waals surface area (Å²) in [5.74, 6) is 0. The largest absolute Gasteiger partial charge is 0.380 e. The van der Waals surface area contributed by atoms with Crippen LogP contribution in [-0.2, 0) is 4.74 Å². The Morgan fingerprint density at radius 2 is 2.33 bits per heavy atom. The van der Waals surface area contributed by atoms with Crippen LogP contribution in [0.5, 0.6) is 0 Å². The molecule has 1 fully saturated rings. The van der Waals surface area contributed by atoms with Crippen LogP contribution in [0.2, 0.25) is 0 Å². The first-order valence-electron chi connectivity index (χ1n) is 5.02. The van der Waals surface area contributed by atoms with Crippen molar-refractivity contribution in [3.05, 3.63) is 12.7 Å². The van der Waals surface area contributed by atoms with Crippen molar-refractivity contribution in [3.63, 3.8) is 0 Å². The van der Waals surface area contributed by atoms with Crippen molar-refractivity contribution in [1.29, 1.82) is 0 Å². The standard InChI is InChI=1S/C10H20OSi/c1-2-3-4-7-10(12)8-5-6-9-11-10/h2H,1,3-9H2,12H3. The van der Waals surface area contributed by atoms with E-state index in [0.717, 1.165) is 13.0 Å². The van der Waals surface area contributed by atoms with Gasteiger partial charge in [-0.15, -0.1) is 6.58 Å². The maximum atomic E-state index is 5.84. The van der Waals surface area contributed by atoms with Gasteiger partial charge in [0.2, 0.25) is 0 Å². The normalized spacial score (nSPS) is 30.3. The molecule has 0 aliphatic carbocycles. The van der Waals surface area contributed by atoms with Crippen LogP contribution in [0.1, 0.15) is 38.5 Å². The minimum absolute atomic E-state index is 0.321. The molecular weight excluding hydrogens is 164 g/mol. The molecule has 1 unspecified atom stereocenters. The van der Waals surface area contributed by atoms with Gasteiger partial charge in [0.1, 0.15) is 0 Å². The average Bonchev–Trinajstić information content (AvgIpc) is 2.06. The summed E-state index contributed by atoms with van der Waals surface area (Å²) in [5, 5.41) is 0.321. The first-order valence-corrected chi connectivity index (χ1v) is 6.02. The lowest BCUT2D eigenvalue weighted by molar-refractivity contribution is -0.0235. The second-order valence-electron chi connectivity index (χ2n) is 3.94. The van der Waals surface area contributed by atoms with E-state index in [1.165, 1.54) is 42.3 Å². The van der Waals surface area contributed by atoms with E-state index < -0.39 is 0 Å². The molecule has 1 rings (SSSR count). The van der Waals surface area contributed by atoms with E-state index in [0.29, 0.717) is 5.22 Å². The van der Waals surface area contributed by atoms with Crippen LogP contribution >= 0.6 is 0 Å². The Morgan fingerprint density at radius 1 is 1.50 bits per heavy atom. The van der Waals surface area contributed by atoms with E-state index in [-0.39, 0.29) is 0 Å². The van der Waals surface area contributed by atoms with E-state index in [1.807, 2.05) is 6.08 Å². The summed E-state index contributed by atoms with van der Waals surface area (Å²) < 4.78 is 5.84. The zero-order chi connectivity index (χ0) is 8.86. The van der Waals surface area contributed by atoms with Gasteiger partial charge in [0.15, 0.2) is 0 Å². The van der Waals surface area contributed by atoms with Crippen LogP contribution in [0.3, 0.4) is 0 Å². The van der Waals surface area contributed by atoms with Crippen molar-refractivity contribution in [2.75, 3.05) is 6.61 Å². The minimum Gasteiger partial charge on any atom is -0.380 e.